The molecular formula is C21H10Cl2F3NO3. The van der Waals surface area contributed by atoms with Gasteiger partial charge in [0, 0.05) is 16.7 Å². The second-order valence-corrected chi connectivity index (χ2v) is 7.08. The van der Waals surface area contributed by atoms with Crippen molar-refractivity contribution < 1.29 is 27.1 Å². The van der Waals surface area contributed by atoms with Crippen LogP contribution in [0.3, 0.4) is 0 Å². The minimum absolute atomic E-state index is 0.0116. The molecule has 3 aromatic rings. The van der Waals surface area contributed by atoms with E-state index >= 15 is 0 Å². The van der Waals surface area contributed by atoms with Crippen molar-refractivity contribution in [2.45, 2.75) is 6.18 Å². The van der Waals surface area contributed by atoms with Crippen molar-refractivity contribution in [1.29, 1.82) is 0 Å². The van der Waals surface area contributed by atoms with E-state index in [1.54, 1.807) is 12.1 Å². The summed E-state index contributed by atoms with van der Waals surface area (Å²) in [5.41, 5.74) is -0.187. The summed E-state index contributed by atoms with van der Waals surface area (Å²) in [7, 11) is 0. The Kier molecular flexibility index (Phi) is 5.17. The number of hydrogen-bond donors (Lipinski definition) is 0. The van der Waals surface area contributed by atoms with Crippen molar-refractivity contribution in [3.63, 3.8) is 0 Å². The summed E-state index contributed by atoms with van der Waals surface area (Å²) in [5.74, 6) is -0.267. The van der Waals surface area contributed by atoms with Gasteiger partial charge in [-0.3, -0.25) is 0 Å². The van der Waals surface area contributed by atoms with Crippen LogP contribution in [0.5, 0.6) is 0 Å². The third kappa shape index (κ3) is 4.13. The number of alkyl halides is 3. The molecule has 1 aromatic heterocycles. The van der Waals surface area contributed by atoms with Crippen molar-refractivity contribution in [2.75, 3.05) is 0 Å². The molecule has 0 fully saturated rings. The molecule has 0 N–H and O–H groups in total. The molecule has 4 rings (SSSR count). The molecule has 30 heavy (non-hydrogen) atoms. The average molecular weight is 452 g/mol. The number of cyclic esters (lactones) is 1. The maximum absolute atomic E-state index is 12.9. The number of esters is 1. The lowest BCUT2D eigenvalue weighted by atomic mass is 10.1. The van der Waals surface area contributed by atoms with Crippen molar-refractivity contribution in [3.8, 4) is 11.3 Å². The maximum atomic E-state index is 12.9. The quantitative estimate of drug-likeness (QED) is 0.332. The maximum Gasteiger partial charge on any atom is 0.416 e. The molecule has 0 spiro atoms. The Balaban J connectivity index is 1.63. The molecule has 0 saturated carbocycles. The van der Waals surface area contributed by atoms with E-state index in [9.17, 15) is 18.0 Å². The number of hydrogen-bond acceptors (Lipinski definition) is 4. The number of carbonyl (C=O) groups excluding carboxylic acids is 1. The minimum atomic E-state index is -4.46. The number of rotatable bonds is 3. The van der Waals surface area contributed by atoms with Gasteiger partial charge in [0.15, 0.2) is 5.70 Å². The molecule has 1 aliphatic rings. The van der Waals surface area contributed by atoms with E-state index in [1.165, 1.54) is 36.4 Å². The molecule has 0 atom stereocenters. The molecule has 9 heteroatoms. The zero-order valence-electron chi connectivity index (χ0n) is 14.8. The molecule has 0 radical (unpaired) electrons. The van der Waals surface area contributed by atoms with Crippen LogP contribution in [0.4, 0.5) is 13.2 Å². The van der Waals surface area contributed by atoms with Gasteiger partial charge < -0.3 is 9.15 Å². The van der Waals surface area contributed by atoms with E-state index in [0.29, 0.717) is 10.6 Å². The fourth-order valence-electron chi connectivity index (χ4n) is 2.76. The van der Waals surface area contributed by atoms with Crippen LogP contribution in [-0.2, 0) is 15.7 Å². The SMILES string of the molecule is O=C1OC(c2ccc(Cl)cc2Cl)=NC1=Cc1ccc(-c2cccc(C(F)(F)F)c2)o1. The number of ether oxygens (including phenoxy) is 1. The Morgan fingerprint density at radius 2 is 1.80 bits per heavy atom. The lowest BCUT2D eigenvalue weighted by Gasteiger charge is -2.07. The first kappa shape index (κ1) is 20.3. The standard InChI is InChI=1S/C21H10Cl2F3NO3/c22-13-4-6-15(16(23)9-13)19-27-17(20(28)30-19)10-14-5-7-18(29-14)11-2-1-3-12(8-11)21(24,25)26/h1-10H. The summed E-state index contributed by atoms with van der Waals surface area (Å²) in [4.78, 5) is 16.3. The Morgan fingerprint density at radius 3 is 2.53 bits per heavy atom. The van der Waals surface area contributed by atoms with Gasteiger partial charge >= 0.3 is 12.1 Å². The summed E-state index contributed by atoms with van der Waals surface area (Å²) >= 11 is 12.0. The first-order chi connectivity index (χ1) is 14.2. The zero-order valence-corrected chi connectivity index (χ0v) is 16.3. The third-order valence-electron chi connectivity index (χ3n) is 4.16. The van der Waals surface area contributed by atoms with Gasteiger partial charge in [-0.2, -0.15) is 13.2 Å². The Labute approximate surface area is 178 Å². The van der Waals surface area contributed by atoms with Gasteiger partial charge in [0.05, 0.1) is 16.1 Å². The van der Waals surface area contributed by atoms with Crippen LogP contribution >= 0.6 is 23.2 Å². The summed E-state index contributed by atoms with van der Waals surface area (Å²) < 4.78 is 49.4. The van der Waals surface area contributed by atoms with Gasteiger partial charge in [-0.15, -0.1) is 0 Å². The highest BCUT2D eigenvalue weighted by Crippen LogP contribution is 2.33. The van der Waals surface area contributed by atoms with Gasteiger partial charge in [0.1, 0.15) is 11.5 Å². The first-order valence-corrected chi connectivity index (χ1v) is 9.22. The van der Waals surface area contributed by atoms with Crippen molar-refractivity contribution in [3.05, 3.63) is 87.2 Å². The van der Waals surface area contributed by atoms with E-state index in [2.05, 4.69) is 4.99 Å². The lowest BCUT2D eigenvalue weighted by Crippen LogP contribution is -2.05. The van der Waals surface area contributed by atoms with Crippen LogP contribution in [0.2, 0.25) is 10.0 Å². The van der Waals surface area contributed by atoms with Gasteiger partial charge in [0.25, 0.3) is 0 Å². The first-order valence-electron chi connectivity index (χ1n) is 8.46. The topological polar surface area (TPSA) is 51.8 Å². The van der Waals surface area contributed by atoms with Crippen molar-refractivity contribution in [2.24, 2.45) is 4.99 Å². The Bertz CT molecular complexity index is 1210. The summed E-state index contributed by atoms with van der Waals surface area (Å²) in [6.07, 6.45) is -3.13. The van der Waals surface area contributed by atoms with Gasteiger partial charge in [-0.25, -0.2) is 9.79 Å². The van der Waals surface area contributed by atoms with E-state index in [0.717, 1.165) is 12.1 Å². The Hall–Kier alpha value is -3.03. The highest BCUT2D eigenvalue weighted by Gasteiger charge is 2.31. The molecular weight excluding hydrogens is 442 g/mol. The normalized spacial score (nSPS) is 15.4. The minimum Gasteiger partial charge on any atom is -0.457 e. The number of aliphatic imine (C=N–C) groups is 1. The predicted molar refractivity (Wildman–Crippen MR) is 106 cm³/mol. The number of benzene rings is 2. The fourth-order valence-corrected chi connectivity index (χ4v) is 3.25. The number of nitrogens with zero attached hydrogens (tertiary/aromatic N) is 1. The Morgan fingerprint density at radius 1 is 1.00 bits per heavy atom. The van der Waals surface area contributed by atoms with E-state index in [1.807, 2.05) is 0 Å². The molecule has 0 bridgehead atoms. The van der Waals surface area contributed by atoms with E-state index in [-0.39, 0.29) is 33.7 Å². The number of carbonyl (C=O) groups is 1. The molecule has 0 amide bonds. The van der Waals surface area contributed by atoms with Crippen LogP contribution in [0.25, 0.3) is 17.4 Å². The molecule has 0 saturated heterocycles. The van der Waals surface area contributed by atoms with Gasteiger partial charge in [-0.1, -0.05) is 35.3 Å². The average Bonchev–Trinajstić information content (AvgIpc) is 3.29. The second-order valence-electron chi connectivity index (χ2n) is 6.24. The highest BCUT2D eigenvalue weighted by molar-refractivity contribution is 6.37. The van der Waals surface area contributed by atoms with Crippen molar-refractivity contribution in [1.82, 2.24) is 0 Å². The van der Waals surface area contributed by atoms with Crippen LogP contribution in [-0.4, -0.2) is 11.9 Å². The fraction of sp³-hybridized carbons (Fsp3) is 0.0476. The second kappa shape index (κ2) is 7.66. The predicted octanol–water partition coefficient (Wildman–Crippen LogP) is 6.62. The zero-order chi connectivity index (χ0) is 21.5. The van der Waals surface area contributed by atoms with Gasteiger partial charge in [0.2, 0.25) is 5.90 Å². The summed E-state index contributed by atoms with van der Waals surface area (Å²) in [6, 6.07) is 12.4. The van der Waals surface area contributed by atoms with Gasteiger partial charge in [-0.05, 0) is 42.5 Å². The highest BCUT2D eigenvalue weighted by atomic mass is 35.5. The number of furan rings is 1. The molecule has 0 aliphatic carbocycles. The smallest absolute Gasteiger partial charge is 0.416 e. The molecule has 2 heterocycles. The molecule has 1 aliphatic heterocycles. The monoisotopic (exact) mass is 451 g/mol. The van der Waals surface area contributed by atoms with Crippen LogP contribution in [0.1, 0.15) is 16.9 Å². The largest absolute Gasteiger partial charge is 0.457 e. The molecule has 152 valence electrons. The van der Waals surface area contributed by atoms with E-state index < -0.39 is 17.7 Å². The lowest BCUT2D eigenvalue weighted by molar-refractivity contribution is -0.137. The molecule has 4 nitrogen and oxygen atoms in total. The molecule has 0 unspecified atom stereocenters. The summed E-state index contributed by atoms with van der Waals surface area (Å²) in [6.45, 7) is 0. The summed E-state index contributed by atoms with van der Waals surface area (Å²) in [5, 5.41) is 0.683. The molecule has 2 aromatic carbocycles. The van der Waals surface area contributed by atoms with E-state index in [4.69, 9.17) is 32.4 Å². The van der Waals surface area contributed by atoms with Crippen LogP contribution < -0.4 is 0 Å². The third-order valence-corrected chi connectivity index (χ3v) is 4.71. The number of halogens is 5. The van der Waals surface area contributed by atoms with Crippen molar-refractivity contribution >= 4 is 41.1 Å². The van der Waals surface area contributed by atoms with Crippen LogP contribution in [0.15, 0.2) is 69.7 Å². The van der Waals surface area contributed by atoms with Crippen LogP contribution in [0, 0.1) is 0 Å².